The Balaban J connectivity index is 1.94. The lowest BCUT2D eigenvalue weighted by atomic mass is 10.4. The van der Waals surface area contributed by atoms with Gasteiger partial charge in [-0.2, -0.15) is 11.8 Å². The minimum atomic E-state index is -1.28. The summed E-state index contributed by atoms with van der Waals surface area (Å²) < 4.78 is 12.0. The van der Waals surface area contributed by atoms with Crippen molar-refractivity contribution in [3.05, 3.63) is 29.3 Å². The fourth-order valence-corrected chi connectivity index (χ4v) is 3.73. The summed E-state index contributed by atoms with van der Waals surface area (Å²) >= 11 is 7.62. The van der Waals surface area contributed by atoms with Gasteiger partial charge in [-0.25, -0.2) is 0 Å². The number of benzene rings is 1. The lowest BCUT2D eigenvalue weighted by Gasteiger charge is -2.26. The Bertz CT molecular complexity index is 444. The van der Waals surface area contributed by atoms with E-state index in [9.17, 15) is 9.00 Å². The molecule has 1 aliphatic rings. The molecule has 0 unspecified atom stereocenters. The summed E-state index contributed by atoms with van der Waals surface area (Å²) in [7, 11) is -1.28. The Labute approximate surface area is 118 Å². The van der Waals surface area contributed by atoms with Crippen LogP contribution in [0.3, 0.4) is 0 Å². The van der Waals surface area contributed by atoms with Crippen LogP contribution in [0, 0.1) is 0 Å². The third kappa shape index (κ3) is 3.73. The molecule has 1 heterocycles. The molecule has 1 aromatic carbocycles. The summed E-state index contributed by atoms with van der Waals surface area (Å²) in [6.45, 7) is 1.53. The fraction of sp³-hybridized carbons (Fsp3) is 0.417. The molecular formula is C12H14ClNO2S2. The number of nitrogens with zero attached hydrogens (tertiary/aromatic N) is 1. The van der Waals surface area contributed by atoms with E-state index in [1.54, 1.807) is 29.2 Å². The molecular weight excluding hydrogens is 290 g/mol. The highest BCUT2D eigenvalue weighted by Gasteiger charge is 2.19. The monoisotopic (exact) mass is 303 g/mol. The molecule has 1 amide bonds. The van der Waals surface area contributed by atoms with Gasteiger partial charge >= 0.3 is 0 Å². The highest BCUT2D eigenvalue weighted by molar-refractivity contribution is 7.99. The first-order valence-corrected chi connectivity index (χ1v) is 8.51. The maximum Gasteiger partial charge on any atom is 0.235 e. The van der Waals surface area contributed by atoms with E-state index >= 15 is 0 Å². The smallest absolute Gasteiger partial charge is 0.235 e. The van der Waals surface area contributed by atoms with Crippen LogP contribution in [-0.2, 0) is 15.6 Å². The summed E-state index contributed by atoms with van der Waals surface area (Å²) in [5, 5.41) is 0.607. The zero-order valence-electron chi connectivity index (χ0n) is 9.80. The van der Waals surface area contributed by atoms with Gasteiger partial charge in [0.1, 0.15) is 5.75 Å². The molecule has 0 radical (unpaired) electrons. The molecule has 98 valence electrons. The second kappa shape index (κ2) is 6.59. The van der Waals surface area contributed by atoms with E-state index in [0.717, 1.165) is 24.6 Å². The molecule has 18 heavy (non-hydrogen) atoms. The molecule has 0 spiro atoms. The van der Waals surface area contributed by atoms with E-state index in [1.165, 1.54) is 0 Å². The van der Waals surface area contributed by atoms with Gasteiger partial charge < -0.3 is 4.90 Å². The van der Waals surface area contributed by atoms with Crippen molar-refractivity contribution < 1.29 is 9.00 Å². The van der Waals surface area contributed by atoms with Gasteiger partial charge in [0.25, 0.3) is 0 Å². The molecule has 2 rings (SSSR count). The summed E-state index contributed by atoms with van der Waals surface area (Å²) in [5.41, 5.74) is 0. The van der Waals surface area contributed by atoms with Crippen molar-refractivity contribution in [1.29, 1.82) is 0 Å². The zero-order valence-corrected chi connectivity index (χ0v) is 12.2. The third-order valence-corrected chi connectivity index (χ3v) is 5.20. The first-order chi connectivity index (χ1) is 8.66. The normalized spacial score (nSPS) is 17.5. The van der Waals surface area contributed by atoms with Gasteiger partial charge in [0.2, 0.25) is 5.91 Å². The summed E-state index contributed by atoms with van der Waals surface area (Å²) in [4.78, 5) is 14.4. The van der Waals surface area contributed by atoms with Gasteiger partial charge in [-0.3, -0.25) is 9.00 Å². The first-order valence-electron chi connectivity index (χ1n) is 5.66. The highest BCUT2D eigenvalue weighted by atomic mass is 35.5. The van der Waals surface area contributed by atoms with Crippen LogP contribution >= 0.6 is 23.4 Å². The first kappa shape index (κ1) is 13.9. The molecule has 0 aliphatic carbocycles. The predicted molar refractivity (Wildman–Crippen MR) is 76.6 cm³/mol. The van der Waals surface area contributed by atoms with Crippen molar-refractivity contribution in [3.8, 4) is 0 Å². The molecule has 0 saturated carbocycles. The molecule has 0 bridgehead atoms. The number of hydrogen-bond donors (Lipinski definition) is 0. The van der Waals surface area contributed by atoms with Crippen LogP contribution in [0.4, 0.5) is 0 Å². The number of carbonyl (C=O) groups excluding carboxylic acids is 1. The lowest BCUT2D eigenvalue weighted by molar-refractivity contribution is -0.128. The van der Waals surface area contributed by atoms with Crippen molar-refractivity contribution in [2.75, 3.05) is 30.3 Å². The van der Waals surface area contributed by atoms with Gasteiger partial charge in [0.05, 0.1) is 10.8 Å². The number of amides is 1. The zero-order chi connectivity index (χ0) is 13.0. The SMILES string of the molecule is O=C(C[S@](=O)c1ccc(Cl)cc1)N1CCSCC1. The van der Waals surface area contributed by atoms with Crippen LogP contribution in [-0.4, -0.2) is 45.4 Å². The van der Waals surface area contributed by atoms with Gasteiger partial charge in [0, 0.05) is 34.5 Å². The maximum absolute atomic E-state index is 12.0. The van der Waals surface area contributed by atoms with Crippen LogP contribution < -0.4 is 0 Å². The summed E-state index contributed by atoms with van der Waals surface area (Å²) in [6.07, 6.45) is 0. The largest absolute Gasteiger partial charge is 0.340 e. The highest BCUT2D eigenvalue weighted by Crippen LogP contribution is 2.14. The number of rotatable bonds is 3. The summed E-state index contributed by atoms with van der Waals surface area (Å²) in [5.74, 6) is 1.98. The Morgan fingerprint density at radius 3 is 2.50 bits per heavy atom. The third-order valence-electron chi connectivity index (χ3n) is 2.69. The van der Waals surface area contributed by atoms with Crippen molar-refractivity contribution in [2.24, 2.45) is 0 Å². The molecule has 1 aromatic rings. The molecule has 6 heteroatoms. The Kier molecular flexibility index (Phi) is 5.09. The van der Waals surface area contributed by atoms with Crippen molar-refractivity contribution in [3.63, 3.8) is 0 Å². The number of hydrogen-bond acceptors (Lipinski definition) is 3. The number of halogens is 1. The average Bonchev–Trinajstić information content (AvgIpc) is 2.40. The molecule has 3 nitrogen and oxygen atoms in total. The molecule has 1 fully saturated rings. The van der Waals surface area contributed by atoms with Crippen LogP contribution in [0.15, 0.2) is 29.2 Å². The fourth-order valence-electron chi connectivity index (χ4n) is 1.69. The van der Waals surface area contributed by atoms with Crippen molar-refractivity contribution in [1.82, 2.24) is 4.90 Å². The van der Waals surface area contributed by atoms with E-state index in [2.05, 4.69) is 0 Å². The molecule has 1 atom stereocenters. The second-order valence-corrected chi connectivity index (χ2v) is 7.05. The van der Waals surface area contributed by atoms with Crippen LogP contribution in [0.1, 0.15) is 0 Å². The second-order valence-electron chi connectivity index (χ2n) is 3.94. The predicted octanol–water partition coefficient (Wildman–Crippen LogP) is 2.02. The van der Waals surface area contributed by atoms with Crippen LogP contribution in [0.2, 0.25) is 5.02 Å². The van der Waals surface area contributed by atoms with Crippen molar-refractivity contribution >= 4 is 40.1 Å². The minimum absolute atomic E-state index is 0.0245. The van der Waals surface area contributed by atoms with Gasteiger partial charge in [-0.15, -0.1) is 0 Å². The average molecular weight is 304 g/mol. The van der Waals surface area contributed by atoms with Crippen LogP contribution in [0.5, 0.6) is 0 Å². The topological polar surface area (TPSA) is 37.4 Å². The quantitative estimate of drug-likeness (QED) is 0.857. The number of carbonyl (C=O) groups is 1. The maximum atomic E-state index is 12.0. The van der Waals surface area contributed by atoms with Gasteiger partial charge in [0.15, 0.2) is 0 Å². The van der Waals surface area contributed by atoms with Crippen molar-refractivity contribution in [2.45, 2.75) is 4.90 Å². The van der Waals surface area contributed by atoms with E-state index in [0.29, 0.717) is 9.92 Å². The molecule has 0 N–H and O–H groups in total. The molecule has 0 aromatic heterocycles. The minimum Gasteiger partial charge on any atom is -0.340 e. The van der Waals surface area contributed by atoms with E-state index in [-0.39, 0.29) is 11.7 Å². The lowest BCUT2D eigenvalue weighted by Crippen LogP contribution is -2.40. The number of thioether (sulfide) groups is 1. The Morgan fingerprint density at radius 2 is 1.89 bits per heavy atom. The Morgan fingerprint density at radius 1 is 1.28 bits per heavy atom. The summed E-state index contributed by atoms with van der Waals surface area (Å²) in [6, 6.07) is 6.79. The van der Waals surface area contributed by atoms with Gasteiger partial charge in [-0.05, 0) is 24.3 Å². The van der Waals surface area contributed by atoms with Crippen LogP contribution in [0.25, 0.3) is 0 Å². The van der Waals surface area contributed by atoms with E-state index < -0.39 is 10.8 Å². The Hall–Kier alpha value is -0.520. The van der Waals surface area contributed by atoms with Gasteiger partial charge in [-0.1, -0.05) is 11.6 Å². The van der Waals surface area contributed by atoms with E-state index in [4.69, 9.17) is 11.6 Å². The molecule has 1 aliphatic heterocycles. The standard InChI is InChI=1S/C12H14ClNO2S2/c13-10-1-3-11(4-2-10)18(16)9-12(15)14-5-7-17-8-6-14/h1-4H,5-9H2/t18-/m0/s1. The van der Waals surface area contributed by atoms with E-state index in [1.807, 2.05) is 11.8 Å². The molecule has 1 saturated heterocycles.